The summed E-state index contributed by atoms with van der Waals surface area (Å²) >= 11 is 0. The highest BCUT2D eigenvalue weighted by atomic mass is 16.7. The number of cyclic esters (lactones) is 1. The first kappa shape index (κ1) is 62.7. The van der Waals surface area contributed by atoms with Gasteiger partial charge in [0.25, 0.3) is 17.4 Å². The molecule has 1 unspecified atom stereocenters. The number of nitrogens with zero attached hydrogens (tertiary/aromatic N) is 2. The number of carbonyl (C=O) groups excluding carboxylic acids is 5. The maximum atomic E-state index is 14.6. The first-order chi connectivity index (χ1) is 36.5. The van der Waals surface area contributed by atoms with Gasteiger partial charge < -0.3 is 53.4 Å². The number of ether oxygens (including phenoxy) is 7. The molecule has 0 radical (unpaired) electrons. The highest BCUT2D eigenvalue weighted by Crippen LogP contribution is 2.38. The smallest absolute Gasteiger partial charge is 0.460 e. The van der Waals surface area contributed by atoms with E-state index in [-0.39, 0.29) is 48.4 Å². The quantitative estimate of drug-likeness (QED) is 0.0527. The molecule has 3 N–H and O–H groups in total. The summed E-state index contributed by atoms with van der Waals surface area (Å²) in [4.78, 5) is 81.7. The Balaban J connectivity index is 1.42. The second kappa shape index (κ2) is 29.2. The predicted molar refractivity (Wildman–Crippen MR) is 284 cm³/mol. The number of piperidine rings is 1. The number of non-ortho nitro benzene ring substituents is 1. The van der Waals surface area contributed by atoms with Gasteiger partial charge in [-0.15, -0.1) is 0 Å². The average molecular weight is 1080 g/mol. The van der Waals surface area contributed by atoms with Crippen LogP contribution in [0.1, 0.15) is 126 Å². The van der Waals surface area contributed by atoms with Crippen LogP contribution in [0.25, 0.3) is 0 Å². The van der Waals surface area contributed by atoms with Crippen molar-refractivity contribution in [2.75, 3.05) is 27.9 Å². The maximum Gasteiger partial charge on any atom is 0.514 e. The number of nitro groups is 1. The molecule has 16 atom stereocenters. The van der Waals surface area contributed by atoms with E-state index in [1.54, 1.807) is 40.9 Å². The number of hydrogen-bond donors (Lipinski definition) is 3. The Morgan fingerprint density at radius 3 is 2.23 bits per heavy atom. The molecule has 1 aromatic rings. The number of ketones is 2. The van der Waals surface area contributed by atoms with Gasteiger partial charge in [0, 0.05) is 70.6 Å². The molecule has 1 amide bonds. The fraction of sp³-hybridized carbons (Fsp3) is 0.672. The molecular formula is C58H84N2O17. The first-order valence-corrected chi connectivity index (χ1v) is 27.3. The molecule has 77 heavy (non-hydrogen) atoms. The molecule has 19 heteroatoms. The Morgan fingerprint density at radius 1 is 0.857 bits per heavy atom. The summed E-state index contributed by atoms with van der Waals surface area (Å²) < 4.78 is 40.8. The van der Waals surface area contributed by atoms with E-state index < -0.39 is 113 Å². The van der Waals surface area contributed by atoms with Gasteiger partial charge in [-0.05, 0) is 119 Å². The average Bonchev–Trinajstić information content (AvgIpc) is 3.41. The van der Waals surface area contributed by atoms with Crippen molar-refractivity contribution in [2.45, 2.75) is 186 Å². The molecule has 428 valence electrons. The number of esters is 1. The SMILES string of the molecule is COC1C[C@@H]2CC[C@@H](C)[C@@](O)(O2)C(=O)C(=O)N2CCCC[C@H]2C(=O)O[C@H]([C@H](C)C[C@@H]2CC[C@@H](OC(=O)Oc3ccc([N+](=O)[O-])cc3)[C@H](OC)C2)C[C@@H](O)[C@H](C)/C=C(\C)[C@@H](O)[C@@H](OC)C(=O)[C@H](C)C[C@H](C)/C=C/C=C/C=C/1C. The van der Waals surface area contributed by atoms with Crippen LogP contribution >= 0.6 is 0 Å². The van der Waals surface area contributed by atoms with Crippen LogP contribution in [0.5, 0.6) is 5.75 Å². The number of amides is 1. The third kappa shape index (κ3) is 16.9. The molecule has 2 saturated heterocycles. The second-order valence-electron chi connectivity index (χ2n) is 22.0. The van der Waals surface area contributed by atoms with Crippen LogP contribution < -0.4 is 4.74 Å². The van der Waals surface area contributed by atoms with Gasteiger partial charge in [-0.3, -0.25) is 24.5 Å². The highest BCUT2D eigenvalue weighted by molar-refractivity contribution is 6.39. The number of aliphatic hydroxyl groups excluding tert-OH is 2. The third-order valence-electron chi connectivity index (χ3n) is 16.1. The van der Waals surface area contributed by atoms with Gasteiger partial charge in [0.1, 0.15) is 36.2 Å². The van der Waals surface area contributed by atoms with Crippen molar-refractivity contribution in [1.82, 2.24) is 4.90 Å². The molecule has 3 fully saturated rings. The molecule has 3 aliphatic heterocycles. The van der Waals surface area contributed by atoms with E-state index in [0.29, 0.717) is 69.8 Å². The lowest BCUT2D eigenvalue weighted by atomic mass is 9.78. The molecule has 19 nitrogen and oxygen atoms in total. The lowest BCUT2D eigenvalue weighted by Crippen LogP contribution is -2.61. The molecule has 0 aromatic heterocycles. The number of aliphatic hydroxyl groups is 3. The van der Waals surface area contributed by atoms with E-state index in [4.69, 9.17) is 33.2 Å². The van der Waals surface area contributed by atoms with Gasteiger partial charge in [-0.2, -0.15) is 0 Å². The molecule has 0 spiro atoms. The summed E-state index contributed by atoms with van der Waals surface area (Å²) in [6, 6.07) is 3.82. The van der Waals surface area contributed by atoms with Crippen LogP contribution in [0.3, 0.4) is 0 Å². The van der Waals surface area contributed by atoms with Crippen LogP contribution in [-0.2, 0) is 47.6 Å². The van der Waals surface area contributed by atoms with Crippen LogP contribution in [0.4, 0.5) is 10.5 Å². The van der Waals surface area contributed by atoms with E-state index in [1.165, 1.54) is 43.4 Å². The number of allylic oxidation sites excluding steroid dienone is 5. The number of benzene rings is 1. The second-order valence-corrected chi connectivity index (χ2v) is 22.0. The van der Waals surface area contributed by atoms with Crippen LogP contribution in [0, 0.1) is 45.6 Å². The number of hydrogen-bond acceptors (Lipinski definition) is 17. The highest BCUT2D eigenvalue weighted by Gasteiger charge is 2.53. The number of fused-ring (bicyclic) bond motifs is 3. The zero-order chi connectivity index (χ0) is 56.7. The fourth-order valence-electron chi connectivity index (χ4n) is 11.3. The zero-order valence-corrected chi connectivity index (χ0v) is 46.6. The summed E-state index contributed by atoms with van der Waals surface area (Å²) in [6.07, 6.45) is 8.02. The zero-order valence-electron chi connectivity index (χ0n) is 46.6. The van der Waals surface area contributed by atoms with E-state index >= 15 is 0 Å². The van der Waals surface area contributed by atoms with Crippen molar-refractivity contribution < 1.29 is 77.4 Å². The lowest BCUT2D eigenvalue weighted by Gasteiger charge is -2.43. The summed E-state index contributed by atoms with van der Waals surface area (Å²) in [7, 11) is 4.44. The van der Waals surface area contributed by atoms with Crippen LogP contribution in [0.2, 0.25) is 0 Å². The minimum Gasteiger partial charge on any atom is -0.460 e. The van der Waals surface area contributed by atoms with Gasteiger partial charge in [0.2, 0.25) is 5.79 Å². The topological polar surface area (TPSA) is 257 Å². The maximum absolute atomic E-state index is 14.6. The first-order valence-electron chi connectivity index (χ1n) is 27.3. The summed E-state index contributed by atoms with van der Waals surface area (Å²) in [5.74, 6) is -7.94. The molecule has 1 aromatic carbocycles. The Morgan fingerprint density at radius 2 is 1.57 bits per heavy atom. The molecule has 2 bridgehead atoms. The van der Waals surface area contributed by atoms with Crippen molar-refractivity contribution in [3.05, 3.63) is 82.0 Å². The molecule has 3 heterocycles. The number of nitro benzene ring substituents is 1. The van der Waals surface area contributed by atoms with Crippen molar-refractivity contribution in [1.29, 1.82) is 0 Å². The predicted octanol–water partition coefficient (Wildman–Crippen LogP) is 8.10. The number of Topliss-reactive ketones (excluding diaryl/α,β-unsaturated/α-hetero) is 2. The van der Waals surface area contributed by atoms with Gasteiger partial charge in [0.15, 0.2) is 5.78 Å². The number of methoxy groups -OCH3 is 3. The normalized spacial score (nSPS) is 36.7. The van der Waals surface area contributed by atoms with Crippen molar-refractivity contribution >= 4 is 35.3 Å². The number of carbonyl (C=O) groups is 5. The monoisotopic (exact) mass is 1080 g/mol. The van der Waals surface area contributed by atoms with Gasteiger partial charge in [0.05, 0.1) is 29.3 Å². The lowest BCUT2D eigenvalue weighted by molar-refractivity contribution is -0.384. The minimum absolute atomic E-state index is 0.00335. The van der Waals surface area contributed by atoms with Crippen LogP contribution in [-0.4, -0.2) is 143 Å². The molecular weight excluding hydrogens is 997 g/mol. The van der Waals surface area contributed by atoms with E-state index in [0.717, 1.165) is 5.57 Å². The molecule has 1 aliphatic carbocycles. The summed E-state index contributed by atoms with van der Waals surface area (Å²) in [5.41, 5.74) is 1.10. The molecule has 1 saturated carbocycles. The van der Waals surface area contributed by atoms with E-state index in [1.807, 2.05) is 51.2 Å². The summed E-state index contributed by atoms with van der Waals surface area (Å²) in [6.45, 7) is 12.7. The number of rotatable bonds is 9. The van der Waals surface area contributed by atoms with Gasteiger partial charge >= 0.3 is 12.1 Å². The summed E-state index contributed by atoms with van der Waals surface area (Å²) in [5, 5.41) is 46.6. The Hall–Kier alpha value is -5.15. The van der Waals surface area contributed by atoms with E-state index in [9.17, 15) is 49.4 Å². The molecule has 5 rings (SSSR count). The van der Waals surface area contributed by atoms with Gasteiger partial charge in [-0.1, -0.05) is 71.1 Å². The largest absolute Gasteiger partial charge is 0.514 e. The van der Waals surface area contributed by atoms with Crippen molar-refractivity contribution in [2.24, 2.45) is 35.5 Å². The minimum atomic E-state index is -2.47. The Labute approximate surface area is 453 Å². The van der Waals surface area contributed by atoms with Crippen molar-refractivity contribution in [3.8, 4) is 5.75 Å². The Bertz CT molecular complexity index is 2300. The van der Waals surface area contributed by atoms with Gasteiger partial charge in [-0.25, -0.2) is 9.59 Å². The van der Waals surface area contributed by atoms with Crippen molar-refractivity contribution in [3.63, 3.8) is 0 Å². The van der Waals surface area contributed by atoms with E-state index in [2.05, 4.69) is 0 Å². The molecule has 4 aliphatic rings. The fourth-order valence-corrected chi connectivity index (χ4v) is 11.3. The Kier molecular flexibility index (Phi) is 23.8. The standard InChI is InChI=1S/C58H84N2O17/c1-34-16-12-11-13-17-35(2)48(71-8)32-44-23-19-40(7)58(68,77-44)54(64)55(65)59-27-15-14-18-45(59)56(66)75-49(33-46(61)36(3)29-39(6)52(63)53(73-10)51(62)38(5)28-34)37(4)30-41-20-26-47(50(31-41)72-9)76-57(67)74-43-24-21-42(22-25-43)60(69)70/h11-13,16-17,21-22,24-25,29,34,36-38,40-41,44-50,52-53,61,63,68H,14-15,18-20,23,26-28,30-33H2,1-10H3/b13-11+,16-12+,35-17+,39-29+/t34-,36-,37-,38-,40-,41+,44+,45+,46-,47-,48?,49+,50-,52-,53+,58-/m1/s1. The third-order valence-corrected chi connectivity index (χ3v) is 16.1. The van der Waals surface area contributed by atoms with Crippen LogP contribution in [0.15, 0.2) is 71.9 Å².